The summed E-state index contributed by atoms with van der Waals surface area (Å²) in [6.07, 6.45) is 1.47. The van der Waals surface area contributed by atoms with Crippen LogP contribution in [0, 0.1) is 11.3 Å². The van der Waals surface area contributed by atoms with Crippen LogP contribution in [0.25, 0.3) is 10.9 Å². The number of benzene rings is 1. The molecule has 2 aromatic rings. The number of hydrogen-bond donors (Lipinski definition) is 1. The molecule has 1 aromatic heterocycles. The monoisotopic (exact) mass is 299 g/mol. The van der Waals surface area contributed by atoms with E-state index in [1.807, 2.05) is 6.92 Å². The summed E-state index contributed by atoms with van der Waals surface area (Å²) < 4.78 is 0. The van der Waals surface area contributed by atoms with Crippen LogP contribution in [0.5, 0.6) is 0 Å². The van der Waals surface area contributed by atoms with Crippen LogP contribution < -0.4 is 5.32 Å². The lowest BCUT2D eigenvalue weighted by Gasteiger charge is -2.12. The molecular weight excluding hydrogens is 293 g/mol. The molecule has 0 saturated heterocycles. The van der Waals surface area contributed by atoms with Crippen LogP contribution in [0.4, 0.5) is 5.69 Å². The molecule has 0 unspecified atom stereocenters. The van der Waals surface area contributed by atoms with Crippen molar-refractivity contribution in [3.63, 3.8) is 0 Å². The molecule has 0 aliphatic carbocycles. The second-order valence-electron chi connectivity index (χ2n) is 3.57. The molecule has 18 heavy (non-hydrogen) atoms. The molecule has 1 heterocycles. The van der Waals surface area contributed by atoms with Gasteiger partial charge in [-0.05, 0) is 13.0 Å². The molecule has 92 valence electrons. The van der Waals surface area contributed by atoms with Crippen LogP contribution >= 0.6 is 34.8 Å². The molecule has 3 nitrogen and oxygen atoms in total. The number of aromatic nitrogens is 1. The maximum Gasteiger partial charge on any atom is 0.103 e. The Hall–Kier alpha value is -1.21. The quantitative estimate of drug-likeness (QED) is 0.831. The smallest absolute Gasteiger partial charge is 0.103 e. The molecule has 0 amide bonds. The largest absolute Gasteiger partial charge is 0.384 e. The summed E-state index contributed by atoms with van der Waals surface area (Å²) >= 11 is 18.3. The molecule has 0 radical (unpaired) electrons. The van der Waals surface area contributed by atoms with Crippen LogP contribution in [-0.2, 0) is 0 Å². The Morgan fingerprint density at radius 3 is 2.67 bits per heavy atom. The maximum absolute atomic E-state index is 9.09. The summed E-state index contributed by atoms with van der Waals surface area (Å²) in [6, 6.07) is 3.61. The fourth-order valence-electron chi connectivity index (χ4n) is 1.71. The molecule has 0 atom stereocenters. The lowest BCUT2D eigenvalue weighted by atomic mass is 10.1. The molecule has 1 N–H and O–H groups in total. The number of nitrogens with zero attached hydrogens (tertiary/aromatic N) is 2. The molecular formula is C12H8Cl3N3. The van der Waals surface area contributed by atoms with E-state index in [1.165, 1.54) is 6.20 Å². The Balaban J connectivity index is 2.95. The maximum atomic E-state index is 9.09. The van der Waals surface area contributed by atoms with E-state index in [1.54, 1.807) is 6.07 Å². The Labute approximate surface area is 119 Å². The van der Waals surface area contributed by atoms with Gasteiger partial charge in [-0.2, -0.15) is 5.26 Å². The second kappa shape index (κ2) is 5.19. The van der Waals surface area contributed by atoms with Crippen molar-refractivity contribution in [3.05, 3.63) is 32.9 Å². The first-order valence-electron chi connectivity index (χ1n) is 5.20. The van der Waals surface area contributed by atoms with Crippen LogP contribution in [0.15, 0.2) is 12.3 Å². The predicted octanol–water partition coefficient (Wildman–Crippen LogP) is 4.50. The van der Waals surface area contributed by atoms with Gasteiger partial charge in [0.05, 0.1) is 31.8 Å². The van der Waals surface area contributed by atoms with E-state index in [-0.39, 0.29) is 0 Å². The summed E-state index contributed by atoms with van der Waals surface area (Å²) in [5.74, 6) is 0. The van der Waals surface area contributed by atoms with E-state index in [0.29, 0.717) is 43.8 Å². The molecule has 0 aliphatic rings. The topological polar surface area (TPSA) is 48.7 Å². The van der Waals surface area contributed by atoms with Gasteiger partial charge in [-0.25, -0.2) is 0 Å². The molecule has 0 fully saturated rings. The van der Waals surface area contributed by atoms with Gasteiger partial charge in [-0.3, -0.25) is 4.98 Å². The van der Waals surface area contributed by atoms with Gasteiger partial charge in [0.1, 0.15) is 6.07 Å². The van der Waals surface area contributed by atoms with Crippen molar-refractivity contribution in [2.24, 2.45) is 0 Å². The van der Waals surface area contributed by atoms with Gasteiger partial charge in [0, 0.05) is 18.1 Å². The number of nitrogens with one attached hydrogen (secondary N) is 1. The molecule has 1 aromatic carbocycles. The van der Waals surface area contributed by atoms with Gasteiger partial charge in [-0.15, -0.1) is 0 Å². The average molecular weight is 301 g/mol. The number of hydrogen-bond acceptors (Lipinski definition) is 3. The molecule has 0 saturated carbocycles. The standard InChI is InChI=1S/C12H8Cl3N3/c1-2-17-11-6(4-16)5-18-12-8(14)3-7(13)10(15)9(11)12/h3,5H,2H2,1H3,(H,17,18). The summed E-state index contributed by atoms with van der Waals surface area (Å²) in [5.41, 5.74) is 1.55. The van der Waals surface area contributed by atoms with Crippen molar-refractivity contribution in [2.75, 3.05) is 11.9 Å². The Morgan fingerprint density at radius 1 is 1.33 bits per heavy atom. The van der Waals surface area contributed by atoms with Crippen molar-refractivity contribution in [1.82, 2.24) is 4.98 Å². The van der Waals surface area contributed by atoms with Crippen molar-refractivity contribution >= 4 is 51.4 Å². The van der Waals surface area contributed by atoms with Gasteiger partial charge >= 0.3 is 0 Å². The van der Waals surface area contributed by atoms with Gasteiger partial charge in [-0.1, -0.05) is 34.8 Å². The van der Waals surface area contributed by atoms with E-state index >= 15 is 0 Å². The zero-order valence-corrected chi connectivity index (χ0v) is 11.7. The lowest BCUT2D eigenvalue weighted by molar-refractivity contribution is 1.21. The van der Waals surface area contributed by atoms with Crippen molar-refractivity contribution < 1.29 is 0 Å². The van der Waals surface area contributed by atoms with Crippen LogP contribution in [0.1, 0.15) is 12.5 Å². The van der Waals surface area contributed by atoms with Crippen molar-refractivity contribution in [2.45, 2.75) is 6.92 Å². The minimum Gasteiger partial charge on any atom is -0.384 e. The highest BCUT2D eigenvalue weighted by atomic mass is 35.5. The Bertz CT molecular complexity index is 662. The molecule has 6 heteroatoms. The minimum atomic E-state index is 0.338. The molecule has 0 spiro atoms. The first-order valence-corrected chi connectivity index (χ1v) is 6.33. The van der Waals surface area contributed by atoms with E-state index in [4.69, 9.17) is 40.1 Å². The number of pyridine rings is 1. The van der Waals surface area contributed by atoms with Gasteiger partial charge < -0.3 is 5.32 Å². The molecule has 0 bridgehead atoms. The lowest BCUT2D eigenvalue weighted by Crippen LogP contribution is -2.02. The van der Waals surface area contributed by atoms with E-state index in [9.17, 15) is 0 Å². The van der Waals surface area contributed by atoms with Crippen molar-refractivity contribution in [1.29, 1.82) is 5.26 Å². The number of anilines is 1. The zero-order chi connectivity index (χ0) is 13.3. The summed E-state index contributed by atoms with van der Waals surface area (Å²) in [5, 5.41) is 13.9. The summed E-state index contributed by atoms with van der Waals surface area (Å²) in [7, 11) is 0. The first kappa shape index (κ1) is 13.2. The van der Waals surface area contributed by atoms with E-state index in [0.717, 1.165) is 0 Å². The highest BCUT2D eigenvalue weighted by molar-refractivity contribution is 6.48. The van der Waals surface area contributed by atoms with E-state index < -0.39 is 0 Å². The third-order valence-electron chi connectivity index (χ3n) is 2.46. The van der Waals surface area contributed by atoms with Crippen LogP contribution in [0.2, 0.25) is 15.1 Å². The number of fused-ring (bicyclic) bond motifs is 1. The third-order valence-corrected chi connectivity index (χ3v) is 3.54. The Morgan fingerprint density at radius 2 is 2.06 bits per heavy atom. The highest BCUT2D eigenvalue weighted by Gasteiger charge is 2.16. The van der Waals surface area contributed by atoms with Crippen molar-refractivity contribution in [3.8, 4) is 6.07 Å². The predicted molar refractivity (Wildman–Crippen MR) is 75.7 cm³/mol. The normalized spacial score (nSPS) is 10.4. The summed E-state index contributed by atoms with van der Waals surface area (Å²) in [6.45, 7) is 2.57. The fourth-order valence-corrected chi connectivity index (χ4v) is 2.46. The minimum absolute atomic E-state index is 0.338. The molecule has 0 aliphatic heterocycles. The third kappa shape index (κ3) is 2.08. The van der Waals surface area contributed by atoms with Crippen LogP contribution in [-0.4, -0.2) is 11.5 Å². The Kier molecular flexibility index (Phi) is 3.82. The fraction of sp³-hybridized carbons (Fsp3) is 0.167. The van der Waals surface area contributed by atoms with Gasteiger partial charge in [0.2, 0.25) is 0 Å². The van der Waals surface area contributed by atoms with Gasteiger partial charge in [0.15, 0.2) is 0 Å². The van der Waals surface area contributed by atoms with E-state index in [2.05, 4.69) is 16.4 Å². The second-order valence-corrected chi connectivity index (χ2v) is 4.76. The summed E-state index contributed by atoms with van der Waals surface area (Å²) in [4.78, 5) is 4.16. The number of halogens is 3. The average Bonchev–Trinajstić information content (AvgIpc) is 2.36. The number of rotatable bonds is 2. The van der Waals surface area contributed by atoms with Gasteiger partial charge in [0.25, 0.3) is 0 Å². The first-order chi connectivity index (χ1) is 8.60. The number of nitriles is 1. The van der Waals surface area contributed by atoms with Crippen LogP contribution in [0.3, 0.4) is 0 Å². The molecule has 2 rings (SSSR count). The zero-order valence-electron chi connectivity index (χ0n) is 9.39. The SMILES string of the molecule is CCNc1c(C#N)cnc2c(Cl)cc(Cl)c(Cl)c12. The highest BCUT2D eigenvalue weighted by Crippen LogP contribution is 2.39.